The molecule has 0 radical (unpaired) electrons. The molecule has 1 rings (SSSR count). The smallest absolute Gasteiger partial charge is 0.302 e. The Morgan fingerprint density at radius 3 is 2.00 bits per heavy atom. The van der Waals surface area contributed by atoms with Crippen molar-refractivity contribution in [2.24, 2.45) is 0 Å². The molecule has 0 spiro atoms. The van der Waals surface area contributed by atoms with E-state index in [9.17, 15) is 4.79 Å². The van der Waals surface area contributed by atoms with Gasteiger partial charge in [0.25, 0.3) is 0 Å². The van der Waals surface area contributed by atoms with Crippen LogP contribution in [-0.4, -0.2) is 5.97 Å². The summed E-state index contributed by atoms with van der Waals surface area (Å²) in [5.74, 6) is -0.250. The van der Waals surface area contributed by atoms with Crippen molar-refractivity contribution in [2.75, 3.05) is 0 Å². The van der Waals surface area contributed by atoms with Gasteiger partial charge < -0.3 is 4.74 Å². The highest BCUT2D eigenvalue weighted by Crippen LogP contribution is 2.16. The third kappa shape index (κ3) is 4.34. The van der Waals surface area contributed by atoms with E-state index in [1.807, 2.05) is 12.1 Å². The number of rotatable bonds is 4. The number of carbonyl (C=O) groups excluding carboxylic acids is 1. The maximum absolute atomic E-state index is 10.7. The Morgan fingerprint density at radius 1 is 1.13 bits per heavy atom. The van der Waals surface area contributed by atoms with E-state index in [1.54, 1.807) is 0 Å². The van der Waals surface area contributed by atoms with Crippen molar-refractivity contribution >= 4 is 37.8 Å². The molecule has 2 nitrogen and oxygen atoms in total. The van der Waals surface area contributed by atoms with Gasteiger partial charge >= 0.3 is 5.97 Å². The quantitative estimate of drug-likeness (QED) is 0.621. The summed E-state index contributed by atoms with van der Waals surface area (Å²) in [5.41, 5.74) is 3.40. The van der Waals surface area contributed by atoms with Crippen LogP contribution in [0.15, 0.2) is 18.2 Å². The number of halogens is 2. The number of alkyl halides is 2. The van der Waals surface area contributed by atoms with Gasteiger partial charge in [-0.3, -0.25) is 4.79 Å². The van der Waals surface area contributed by atoms with Crippen LogP contribution < -0.4 is 0 Å². The van der Waals surface area contributed by atoms with Crippen molar-refractivity contribution in [1.29, 1.82) is 0 Å². The highest BCUT2D eigenvalue weighted by Gasteiger charge is 2.01. The number of benzene rings is 1. The Kier molecular flexibility index (Phi) is 5.32. The molecule has 0 aliphatic carbocycles. The van der Waals surface area contributed by atoms with Gasteiger partial charge in [-0.05, 0) is 16.7 Å². The average molecular weight is 336 g/mol. The first-order chi connectivity index (χ1) is 7.15. The molecule has 1 aromatic rings. The van der Waals surface area contributed by atoms with Crippen LogP contribution in [0.1, 0.15) is 23.6 Å². The number of ether oxygens (including phenoxy) is 1. The standard InChI is InChI=1S/C11H12Br2O2/c1-8(14)15-7-11-3-9(5-12)2-10(4-11)6-13/h2-4H,5-7H2,1H3. The molecular formula is C11H12Br2O2. The van der Waals surface area contributed by atoms with Crippen LogP contribution in [0.4, 0.5) is 0 Å². The van der Waals surface area contributed by atoms with Gasteiger partial charge in [0.2, 0.25) is 0 Å². The van der Waals surface area contributed by atoms with E-state index in [0.29, 0.717) is 6.61 Å². The van der Waals surface area contributed by atoms with E-state index >= 15 is 0 Å². The molecule has 0 N–H and O–H groups in total. The molecule has 15 heavy (non-hydrogen) atoms. The minimum atomic E-state index is -0.250. The third-order valence-electron chi connectivity index (χ3n) is 1.86. The lowest BCUT2D eigenvalue weighted by Crippen LogP contribution is -2.00. The second-order valence-corrected chi connectivity index (χ2v) is 4.33. The van der Waals surface area contributed by atoms with Crippen molar-refractivity contribution in [3.8, 4) is 0 Å². The van der Waals surface area contributed by atoms with E-state index in [-0.39, 0.29) is 5.97 Å². The van der Waals surface area contributed by atoms with Gasteiger partial charge in [0.1, 0.15) is 6.61 Å². The molecule has 0 atom stereocenters. The molecule has 0 aromatic heterocycles. The molecule has 0 aliphatic heterocycles. The number of esters is 1. The van der Waals surface area contributed by atoms with Gasteiger partial charge in [0.15, 0.2) is 0 Å². The van der Waals surface area contributed by atoms with Crippen LogP contribution in [0.5, 0.6) is 0 Å². The minimum Gasteiger partial charge on any atom is -0.461 e. The Balaban J connectivity index is 2.81. The van der Waals surface area contributed by atoms with Crippen molar-refractivity contribution in [3.05, 3.63) is 34.9 Å². The highest BCUT2D eigenvalue weighted by molar-refractivity contribution is 9.08. The fourth-order valence-corrected chi connectivity index (χ4v) is 1.91. The molecule has 82 valence electrons. The fraction of sp³-hybridized carbons (Fsp3) is 0.364. The number of hydrogen-bond donors (Lipinski definition) is 0. The van der Waals surface area contributed by atoms with Crippen LogP contribution in [0, 0.1) is 0 Å². The fourth-order valence-electron chi connectivity index (χ4n) is 1.26. The van der Waals surface area contributed by atoms with Crippen molar-refractivity contribution < 1.29 is 9.53 Å². The SMILES string of the molecule is CC(=O)OCc1cc(CBr)cc(CBr)c1. The first kappa shape index (κ1) is 12.7. The topological polar surface area (TPSA) is 26.3 Å². The molecule has 0 heterocycles. The van der Waals surface area contributed by atoms with Gasteiger partial charge in [0, 0.05) is 17.6 Å². The van der Waals surface area contributed by atoms with Gasteiger partial charge in [-0.1, -0.05) is 50.1 Å². The number of carbonyl (C=O) groups is 1. The summed E-state index contributed by atoms with van der Waals surface area (Å²) in [4.78, 5) is 10.7. The summed E-state index contributed by atoms with van der Waals surface area (Å²) in [5, 5.41) is 1.61. The molecule has 0 unspecified atom stereocenters. The predicted octanol–water partition coefficient (Wildman–Crippen LogP) is 3.54. The van der Waals surface area contributed by atoms with Crippen LogP contribution in [0.2, 0.25) is 0 Å². The predicted molar refractivity (Wildman–Crippen MR) is 67.2 cm³/mol. The molecule has 0 amide bonds. The third-order valence-corrected chi connectivity index (χ3v) is 3.16. The lowest BCUT2D eigenvalue weighted by atomic mass is 10.1. The zero-order chi connectivity index (χ0) is 11.3. The molecule has 0 bridgehead atoms. The van der Waals surface area contributed by atoms with E-state index in [2.05, 4.69) is 37.9 Å². The minimum absolute atomic E-state index is 0.250. The Morgan fingerprint density at radius 2 is 1.60 bits per heavy atom. The zero-order valence-electron chi connectivity index (χ0n) is 8.43. The molecule has 4 heteroatoms. The second kappa shape index (κ2) is 6.28. The summed E-state index contributed by atoms with van der Waals surface area (Å²) < 4.78 is 4.96. The van der Waals surface area contributed by atoms with Gasteiger partial charge in [0.05, 0.1) is 0 Å². The van der Waals surface area contributed by atoms with Crippen LogP contribution in [0.25, 0.3) is 0 Å². The molecule has 0 aliphatic rings. The molecule has 0 saturated carbocycles. The van der Waals surface area contributed by atoms with Gasteiger partial charge in [-0.2, -0.15) is 0 Å². The first-order valence-electron chi connectivity index (χ1n) is 4.52. The first-order valence-corrected chi connectivity index (χ1v) is 6.77. The van der Waals surface area contributed by atoms with Crippen LogP contribution in [-0.2, 0) is 26.8 Å². The summed E-state index contributed by atoms with van der Waals surface area (Å²) in [7, 11) is 0. The summed E-state index contributed by atoms with van der Waals surface area (Å²) >= 11 is 6.82. The Labute approximate surface area is 106 Å². The van der Waals surface area contributed by atoms with E-state index < -0.39 is 0 Å². The van der Waals surface area contributed by atoms with Crippen molar-refractivity contribution in [2.45, 2.75) is 24.2 Å². The van der Waals surface area contributed by atoms with Gasteiger partial charge in [-0.25, -0.2) is 0 Å². The van der Waals surface area contributed by atoms with Crippen molar-refractivity contribution in [1.82, 2.24) is 0 Å². The molecular weight excluding hydrogens is 324 g/mol. The van der Waals surface area contributed by atoms with E-state index in [4.69, 9.17) is 4.74 Å². The van der Waals surface area contributed by atoms with E-state index in [0.717, 1.165) is 16.2 Å². The summed E-state index contributed by atoms with van der Waals surface area (Å²) in [6.07, 6.45) is 0. The number of hydrogen-bond acceptors (Lipinski definition) is 2. The monoisotopic (exact) mass is 334 g/mol. The average Bonchev–Trinajstić information content (AvgIpc) is 2.25. The Bertz CT molecular complexity index is 328. The summed E-state index contributed by atoms with van der Waals surface area (Å²) in [6, 6.07) is 6.18. The largest absolute Gasteiger partial charge is 0.461 e. The van der Waals surface area contributed by atoms with Crippen LogP contribution in [0.3, 0.4) is 0 Å². The Hall–Kier alpha value is -0.350. The lowest BCUT2D eigenvalue weighted by Gasteiger charge is -2.06. The van der Waals surface area contributed by atoms with E-state index in [1.165, 1.54) is 18.1 Å². The highest BCUT2D eigenvalue weighted by atomic mass is 79.9. The lowest BCUT2D eigenvalue weighted by molar-refractivity contribution is -0.142. The maximum Gasteiger partial charge on any atom is 0.302 e. The molecule has 0 fully saturated rings. The second-order valence-electron chi connectivity index (χ2n) is 3.21. The van der Waals surface area contributed by atoms with Gasteiger partial charge in [-0.15, -0.1) is 0 Å². The summed E-state index contributed by atoms with van der Waals surface area (Å²) in [6.45, 7) is 1.76. The molecule has 0 saturated heterocycles. The molecule has 1 aromatic carbocycles. The zero-order valence-corrected chi connectivity index (χ0v) is 11.6. The van der Waals surface area contributed by atoms with Crippen molar-refractivity contribution in [3.63, 3.8) is 0 Å². The van der Waals surface area contributed by atoms with Crippen LogP contribution >= 0.6 is 31.9 Å². The maximum atomic E-state index is 10.7. The normalized spacial score (nSPS) is 10.1.